The normalized spacial score (nSPS) is 12.9. The van der Waals surface area contributed by atoms with E-state index >= 15 is 0 Å². The zero-order valence-corrected chi connectivity index (χ0v) is 22.5. The van der Waals surface area contributed by atoms with Gasteiger partial charge < -0.3 is 28.9 Å². The number of phosphoric acid groups is 1. The van der Waals surface area contributed by atoms with Crippen LogP contribution in [-0.2, 0) is 13.9 Å². The molecule has 0 aromatic heterocycles. The standard InChI is InChI=1S/C18H30NO6P.2Na/c1-4-5-6-7-8-12-17(20)19-18(14(2)25-26(21,22)23)15-10-9-11-16(13-15)24-3;;/h9-11,13-14,18H,4-8,12H2,1-3H3,(H,19,20)(H2,21,22,23);;/q;2*+1/p-2/t14-,18-;;/m1../s1. The summed E-state index contributed by atoms with van der Waals surface area (Å²) in [4.78, 5) is 34.2. The van der Waals surface area contributed by atoms with E-state index in [2.05, 4.69) is 16.8 Å². The van der Waals surface area contributed by atoms with Gasteiger partial charge in [-0.15, -0.1) is 0 Å². The van der Waals surface area contributed by atoms with Crippen molar-refractivity contribution in [2.45, 2.75) is 64.5 Å². The molecule has 7 nitrogen and oxygen atoms in total. The van der Waals surface area contributed by atoms with Crippen molar-refractivity contribution in [1.29, 1.82) is 0 Å². The minimum absolute atomic E-state index is 0. The summed E-state index contributed by atoms with van der Waals surface area (Å²) in [5, 5.41) is 2.78. The van der Waals surface area contributed by atoms with Crippen LogP contribution in [0.2, 0.25) is 0 Å². The van der Waals surface area contributed by atoms with Crippen molar-refractivity contribution in [3.63, 3.8) is 0 Å². The van der Waals surface area contributed by atoms with E-state index in [4.69, 9.17) is 4.74 Å². The van der Waals surface area contributed by atoms with Crippen LogP contribution in [0.3, 0.4) is 0 Å². The Labute approximate surface area is 212 Å². The molecule has 0 bridgehead atoms. The Morgan fingerprint density at radius 3 is 2.39 bits per heavy atom. The fourth-order valence-corrected chi connectivity index (χ4v) is 3.23. The van der Waals surface area contributed by atoms with Crippen molar-refractivity contribution in [3.05, 3.63) is 29.8 Å². The molecule has 2 atom stereocenters. The predicted molar refractivity (Wildman–Crippen MR) is 95.4 cm³/mol. The Balaban J connectivity index is 0. The third-order valence-electron chi connectivity index (χ3n) is 4.04. The maximum atomic E-state index is 12.3. The van der Waals surface area contributed by atoms with Crippen LogP contribution in [0.25, 0.3) is 0 Å². The number of rotatable bonds is 12. The molecule has 0 saturated carbocycles. The van der Waals surface area contributed by atoms with Crippen LogP contribution in [0.5, 0.6) is 5.75 Å². The SMILES string of the molecule is CCCCCCCC(=O)N[C@@H](c1cccc(OC)c1)[C@@H](C)OP(=O)([O-])[O-].[Na+].[Na+]. The van der Waals surface area contributed by atoms with Gasteiger partial charge in [-0.1, -0.05) is 44.7 Å². The van der Waals surface area contributed by atoms with Gasteiger partial charge in [0.2, 0.25) is 5.91 Å². The van der Waals surface area contributed by atoms with E-state index in [0.29, 0.717) is 17.7 Å². The molecule has 0 fully saturated rings. The van der Waals surface area contributed by atoms with E-state index in [1.165, 1.54) is 14.0 Å². The summed E-state index contributed by atoms with van der Waals surface area (Å²) in [7, 11) is -3.67. The first-order valence-corrected chi connectivity index (χ1v) is 10.4. The second kappa shape index (κ2) is 16.3. The number of benzene rings is 1. The van der Waals surface area contributed by atoms with E-state index in [0.717, 1.165) is 32.1 Å². The van der Waals surface area contributed by atoms with Crippen molar-refractivity contribution in [1.82, 2.24) is 5.32 Å². The summed E-state index contributed by atoms with van der Waals surface area (Å²) in [5.41, 5.74) is 0.602. The average Bonchev–Trinajstić information content (AvgIpc) is 2.58. The monoisotopic (exact) mass is 431 g/mol. The van der Waals surface area contributed by atoms with Crippen molar-refractivity contribution in [3.8, 4) is 5.75 Å². The van der Waals surface area contributed by atoms with Crippen LogP contribution in [0.1, 0.15) is 64.0 Å². The van der Waals surface area contributed by atoms with Gasteiger partial charge in [-0.3, -0.25) is 4.79 Å². The largest absolute Gasteiger partial charge is 1.00 e. The number of carbonyl (C=O) groups excluding carboxylic acids is 1. The fraction of sp³-hybridized carbons (Fsp3) is 0.611. The maximum absolute atomic E-state index is 12.3. The number of phosphoric ester groups is 1. The molecule has 0 saturated heterocycles. The number of hydrogen-bond acceptors (Lipinski definition) is 6. The number of methoxy groups -OCH3 is 1. The number of unbranched alkanes of at least 4 members (excludes halogenated alkanes) is 4. The smallest absolute Gasteiger partial charge is 0.790 e. The number of carbonyl (C=O) groups is 1. The zero-order chi connectivity index (χ0) is 19.6. The molecular weight excluding hydrogens is 403 g/mol. The Hall–Kier alpha value is 0.600. The van der Waals surface area contributed by atoms with Gasteiger partial charge in [-0.05, 0) is 31.0 Å². The Bertz CT molecular complexity index is 613. The minimum atomic E-state index is -5.17. The van der Waals surface area contributed by atoms with E-state index in [1.807, 2.05) is 0 Å². The Morgan fingerprint density at radius 2 is 1.82 bits per heavy atom. The van der Waals surface area contributed by atoms with E-state index < -0.39 is 20.0 Å². The van der Waals surface area contributed by atoms with Gasteiger partial charge in [0.05, 0.1) is 27.1 Å². The molecule has 10 heteroatoms. The summed E-state index contributed by atoms with van der Waals surface area (Å²) in [5.74, 6) is 0.345. The van der Waals surface area contributed by atoms with Gasteiger partial charge in [-0.2, -0.15) is 0 Å². The maximum Gasteiger partial charge on any atom is 1.00 e. The van der Waals surface area contributed by atoms with E-state index in [1.54, 1.807) is 24.3 Å². The van der Waals surface area contributed by atoms with Crippen LogP contribution < -0.4 is 79.0 Å². The summed E-state index contributed by atoms with van der Waals surface area (Å²) < 4.78 is 20.7. The number of ether oxygens (including phenoxy) is 1. The third kappa shape index (κ3) is 13.0. The fourth-order valence-electron chi connectivity index (χ4n) is 2.71. The summed E-state index contributed by atoms with van der Waals surface area (Å²) in [6.45, 7) is 3.56. The molecule has 1 aromatic rings. The molecule has 0 heterocycles. The van der Waals surface area contributed by atoms with Gasteiger partial charge in [0, 0.05) is 6.42 Å². The number of amides is 1. The molecular formula is C18H28NNa2O6P. The van der Waals surface area contributed by atoms with Crippen LogP contribution in [-0.4, -0.2) is 19.1 Å². The zero-order valence-electron chi connectivity index (χ0n) is 17.6. The van der Waals surface area contributed by atoms with Crippen LogP contribution in [0, 0.1) is 0 Å². The van der Waals surface area contributed by atoms with Crippen LogP contribution in [0.4, 0.5) is 0 Å². The van der Waals surface area contributed by atoms with Gasteiger partial charge in [-0.25, -0.2) is 0 Å². The average molecular weight is 431 g/mol. The molecule has 1 N–H and O–H groups in total. The topological polar surface area (TPSA) is 111 Å². The van der Waals surface area contributed by atoms with E-state index in [9.17, 15) is 19.1 Å². The van der Waals surface area contributed by atoms with Gasteiger partial charge in [0.25, 0.3) is 0 Å². The Morgan fingerprint density at radius 1 is 1.18 bits per heavy atom. The van der Waals surface area contributed by atoms with Crippen molar-refractivity contribution in [2.24, 2.45) is 0 Å². The van der Waals surface area contributed by atoms with Gasteiger partial charge in [0.15, 0.2) is 0 Å². The van der Waals surface area contributed by atoms with Crippen molar-refractivity contribution >= 4 is 13.7 Å². The molecule has 1 aromatic carbocycles. The molecule has 1 rings (SSSR count). The van der Waals surface area contributed by atoms with Crippen molar-refractivity contribution in [2.75, 3.05) is 7.11 Å². The predicted octanol–water partition coefficient (Wildman–Crippen LogP) is -3.55. The molecule has 0 spiro atoms. The van der Waals surface area contributed by atoms with E-state index in [-0.39, 0.29) is 65.0 Å². The first-order chi connectivity index (χ1) is 12.3. The third-order valence-corrected chi connectivity index (χ3v) is 4.63. The quantitative estimate of drug-likeness (QED) is 0.209. The summed E-state index contributed by atoms with van der Waals surface area (Å²) in [6, 6.07) is 6.07. The van der Waals surface area contributed by atoms with Crippen LogP contribution >= 0.6 is 7.82 Å². The second-order valence-electron chi connectivity index (χ2n) is 6.24. The molecule has 28 heavy (non-hydrogen) atoms. The molecule has 0 aliphatic rings. The number of hydrogen-bond donors (Lipinski definition) is 1. The van der Waals surface area contributed by atoms with Crippen molar-refractivity contribution < 1.29 is 87.5 Å². The molecule has 1 amide bonds. The first kappa shape index (κ1) is 30.8. The molecule has 0 aliphatic carbocycles. The molecule has 0 aliphatic heterocycles. The summed E-state index contributed by atoms with van der Waals surface area (Å²) in [6.07, 6.45) is 4.37. The Kier molecular flexibility index (Phi) is 17.9. The number of nitrogens with one attached hydrogen (secondary N) is 1. The molecule has 0 unspecified atom stereocenters. The summed E-state index contributed by atoms with van der Waals surface area (Å²) >= 11 is 0. The molecule has 148 valence electrons. The van der Waals surface area contributed by atoms with Gasteiger partial charge >= 0.3 is 59.1 Å². The van der Waals surface area contributed by atoms with Gasteiger partial charge in [0.1, 0.15) is 5.75 Å². The second-order valence-corrected chi connectivity index (χ2v) is 7.35. The van der Waals surface area contributed by atoms with Crippen LogP contribution in [0.15, 0.2) is 24.3 Å². The first-order valence-electron chi connectivity index (χ1n) is 8.90. The molecule has 0 radical (unpaired) electrons. The minimum Gasteiger partial charge on any atom is -0.790 e.